The number of benzene rings is 1. The largest absolute Gasteiger partial charge is 0.380 e. The number of carbonyl (C=O) groups is 1. The van der Waals surface area contributed by atoms with E-state index in [9.17, 15) is 4.79 Å². The molecular formula is C22H26N4O2. The van der Waals surface area contributed by atoms with E-state index >= 15 is 0 Å². The van der Waals surface area contributed by atoms with Crippen molar-refractivity contribution in [2.75, 3.05) is 39.8 Å². The lowest BCUT2D eigenvalue weighted by Gasteiger charge is -2.28. The van der Waals surface area contributed by atoms with Crippen LogP contribution in [-0.4, -0.2) is 71.6 Å². The van der Waals surface area contributed by atoms with Gasteiger partial charge in [-0.15, -0.1) is 0 Å². The highest BCUT2D eigenvalue weighted by Gasteiger charge is 2.26. The highest BCUT2D eigenvalue weighted by atomic mass is 16.5. The first-order valence-corrected chi connectivity index (χ1v) is 9.82. The van der Waals surface area contributed by atoms with Crippen molar-refractivity contribution in [3.05, 3.63) is 54.4 Å². The van der Waals surface area contributed by atoms with E-state index in [-0.39, 0.29) is 12.0 Å². The lowest BCUT2D eigenvalue weighted by atomic mass is 9.98. The summed E-state index contributed by atoms with van der Waals surface area (Å²) in [5, 5.41) is 0. The number of hydrogen-bond acceptors (Lipinski definition) is 5. The summed E-state index contributed by atoms with van der Waals surface area (Å²) in [6, 6.07) is 10.2. The van der Waals surface area contributed by atoms with Crippen molar-refractivity contribution in [2.45, 2.75) is 18.9 Å². The van der Waals surface area contributed by atoms with E-state index in [1.165, 1.54) is 11.1 Å². The molecule has 1 unspecified atom stereocenters. The molecule has 2 aromatic rings. The maximum atomic E-state index is 12.6. The standard InChI is InChI=1S/C22H26N4O2/c1-28-20-9-12-25(15-20)16-21(27)26-13-7-18(8-14-26)17-3-5-19(6-4-17)22-23-10-2-11-24-22/h2-7,10-11,20H,8-9,12-16H2,1H3. The molecule has 146 valence electrons. The van der Waals surface area contributed by atoms with Crippen LogP contribution in [-0.2, 0) is 9.53 Å². The molecule has 4 rings (SSSR count). The second kappa shape index (κ2) is 8.63. The van der Waals surface area contributed by atoms with Crippen LogP contribution in [0.4, 0.5) is 0 Å². The van der Waals surface area contributed by atoms with Crippen LogP contribution in [0.1, 0.15) is 18.4 Å². The number of nitrogens with zero attached hydrogens (tertiary/aromatic N) is 4. The van der Waals surface area contributed by atoms with E-state index in [1.807, 2.05) is 11.0 Å². The van der Waals surface area contributed by atoms with Gasteiger partial charge in [0, 0.05) is 51.2 Å². The van der Waals surface area contributed by atoms with Crippen LogP contribution in [0.2, 0.25) is 0 Å². The van der Waals surface area contributed by atoms with Crippen LogP contribution in [0.25, 0.3) is 17.0 Å². The summed E-state index contributed by atoms with van der Waals surface area (Å²) in [6.45, 7) is 3.75. The van der Waals surface area contributed by atoms with Crippen LogP contribution in [0, 0.1) is 0 Å². The number of amides is 1. The van der Waals surface area contributed by atoms with Crippen molar-refractivity contribution in [1.29, 1.82) is 0 Å². The molecule has 6 nitrogen and oxygen atoms in total. The zero-order chi connectivity index (χ0) is 19.3. The lowest BCUT2D eigenvalue weighted by Crippen LogP contribution is -2.41. The zero-order valence-corrected chi connectivity index (χ0v) is 16.3. The molecule has 0 saturated carbocycles. The highest BCUT2D eigenvalue weighted by Crippen LogP contribution is 2.25. The van der Waals surface area contributed by atoms with E-state index in [1.54, 1.807) is 19.5 Å². The fourth-order valence-corrected chi connectivity index (χ4v) is 3.86. The average molecular weight is 378 g/mol. The normalized spacial score (nSPS) is 20.2. The van der Waals surface area contributed by atoms with E-state index < -0.39 is 0 Å². The molecule has 28 heavy (non-hydrogen) atoms. The van der Waals surface area contributed by atoms with Gasteiger partial charge in [-0.1, -0.05) is 30.3 Å². The summed E-state index contributed by atoms with van der Waals surface area (Å²) in [5.74, 6) is 0.949. The number of carbonyl (C=O) groups excluding carboxylic acids is 1. The minimum absolute atomic E-state index is 0.212. The molecule has 1 aromatic heterocycles. The molecule has 1 amide bonds. The fourth-order valence-electron chi connectivity index (χ4n) is 3.86. The number of hydrogen-bond donors (Lipinski definition) is 0. The van der Waals surface area contributed by atoms with E-state index in [0.717, 1.165) is 43.9 Å². The van der Waals surface area contributed by atoms with Crippen molar-refractivity contribution in [3.8, 4) is 11.4 Å². The van der Waals surface area contributed by atoms with Gasteiger partial charge >= 0.3 is 0 Å². The minimum atomic E-state index is 0.212. The molecule has 1 saturated heterocycles. The van der Waals surface area contributed by atoms with Crippen molar-refractivity contribution in [1.82, 2.24) is 19.8 Å². The summed E-state index contributed by atoms with van der Waals surface area (Å²) < 4.78 is 5.38. The quantitative estimate of drug-likeness (QED) is 0.800. The topological polar surface area (TPSA) is 58.6 Å². The van der Waals surface area contributed by atoms with Crippen LogP contribution in [0.15, 0.2) is 48.8 Å². The zero-order valence-electron chi connectivity index (χ0n) is 16.3. The van der Waals surface area contributed by atoms with Gasteiger partial charge in [-0.25, -0.2) is 9.97 Å². The van der Waals surface area contributed by atoms with Gasteiger partial charge < -0.3 is 9.64 Å². The molecule has 2 aliphatic heterocycles. The Bertz CT molecular complexity index is 835. The molecule has 1 fully saturated rings. The Balaban J connectivity index is 1.34. The summed E-state index contributed by atoms with van der Waals surface area (Å²) in [4.78, 5) is 25.3. The first-order chi connectivity index (χ1) is 13.7. The van der Waals surface area contributed by atoms with Crippen LogP contribution < -0.4 is 0 Å². The van der Waals surface area contributed by atoms with Crippen molar-refractivity contribution in [3.63, 3.8) is 0 Å². The molecule has 1 atom stereocenters. The number of methoxy groups -OCH3 is 1. The van der Waals surface area contributed by atoms with Gasteiger partial charge in [0.1, 0.15) is 0 Å². The Kier molecular flexibility index (Phi) is 5.78. The van der Waals surface area contributed by atoms with E-state index in [0.29, 0.717) is 13.1 Å². The molecule has 0 bridgehead atoms. The van der Waals surface area contributed by atoms with Gasteiger partial charge in [-0.3, -0.25) is 9.69 Å². The maximum absolute atomic E-state index is 12.6. The first-order valence-electron chi connectivity index (χ1n) is 9.82. The van der Waals surface area contributed by atoms with E-state index in [4.69, 9.17) is 4.74 Å². The summed E-state index contributed by atoms with van der Waals surface area (Å²) in [6.07, 6.45) is 7.85. The maximum Gasteiger partial charge on any atom is 0.237 e. The number of ether oxygens (including phenoxy) is 1. The third-order valence-electron chi connectivity index (χ3n) is 5.56. The molecule has 0 aliphatic carbocycles. The molecule has 2 aliphatic rings. The molecule has 1 aromatic carbocycles. The monoisotopic (exact) mass is 378 g/mol. The third-order valence-corrected chi connectivity index (χ3v) is 5.56. The second-order valence-electron chi connectivity index (χ2n) is 7.35. The lowest BCUT2D eigenvalue weighted by molar-refractivity contribution is -0.131. The minimum Gasteiger partial charge on any atom is -0.380 e. The first kappa shape index (κ1) is 18.8. The van der Waals surface area contributed by atoms with Crippen LogP contribution in [0.5, 0.6) is 0 Å². The Labute approximate surface area is 165 Å². The Morgan fingerprint density at radius 3 is 2.54 bits per heavy atom. The van der Waals surface area contributed by atoms with E-state index in [2.05, 4.69) is 45.2 Å². The molecule has 0 N–H and O–H groups in total. The van der Waals surface area contributed by atoms with Gasteiger partial charge in [0.25, 0.3) is 0 Å². The van der Waals surface area contributed by atoms with Gasteiger partial charge in [0.05, 0.1) is 12.6 Å². The fraction of sp³-hybridized carbons (Fsp3) is 0.409. The van der Waals surface area contributed by atoms with Crippen molar-refractivity contribution in [2.24, 2.45) is 0 Å². The van der Waals surface area contributed by atoms with Gasteiger partial charge in [-0.2, -0.15) is 0 Å². The molecular weight excluding hydrogens is 352 g/mol. The predicted molar refractivity (Wildman–Crippen MR) is 108 cm³/mol. The van der Waals surface area contributed by atoms with Crippen molar-refractivity contribution < 1.29 is 9.53 Å². The summed E-state index contributed by atoms with van der Waals surface area (Å²) >= 11 is 0. The number of rotatable bonds is 5. The third kappa shape index (κ3) is 4.29. The molecule has 0 spiro atoms. The van der Waals surface area contributed by atoms with Crippen LogP contribution in [0.3, 0.4) is 0 Å². The Morgan fingerprint density at radius 2 is 1.89 bits per heavy atom. The van der Waals surface area contributed by atoms with Crippen molar-refractivity contribution >= 4 is 11.5 Å². The second-order valence-corrected chi connectivity index (χ2v) is 7.35. The van der Waals surface area contributed by atoms with Crippen LogP contribution >= 0.6 is 0 Å². The van der Waals surface area contributed by atoms with Gasteiger partial charge in [0.2, 0.25) is 5.91 Å². The molecule has 3 heterocycles. The Hall–Kier alpha value is -2.57. The number of aromatic nitrogens is 2. The molecule has 0 radical (unpaired) electrons. The number of likely N-dealkylation sites (tertiary alicyclic amines) is 1. The van der Waals surface area contributed by atoms with Gasteiger partial charge in [-0.05, 0) is 30.0 Å². The summed E-state index contributed by atoms with van der Waals surface area (Å²) in [7, 11) is 1.74. The smallest absolute Gasteiger partial charge is 0.237 e. The Morgan fingerprint density at radius 1 is 1.14 bits per heavy atom. The molecule has 6 heteroatoms. The average Bonchev–Trinajstić information content (AvgIpc) is 3.22. The van der Waals surface area contributed by atoms with Gasteiger partial charge in [0.15, 0.2) is 5.82 Å². The summed E-state index contributed by atoms with van der Waals surface area (Å²) in [5.41, 5.74) is 3.51. The highest BCUT2D eigenvalue weighted by molar-refractivity contribution is 5.80. The SMILES string of the molecule is COC1CCN(CC(=O)N2CC=C(c3ccc(-c4ncccn4)cc3)CC2)C1. The predicted octanol–water partition coefficient (Wildman–Crippen LogP) is 2.48.